The molecule has 0 aliphatic heterocycles. The number of ether oxygens (including phenoxy) is 1. The Morgan fingerprint density at radius 2 is 2.11 bits per heavy atom. The Morgan fingerprint density at radius 3 is 2.68 bits per heavy atom. The Labute approximate surface area is 113 Å². The molecule has 0 fully saturated rings. The van der Waals surface area contributed by atoms with Crippen molar-refractivity contribution in [1.82, 2.24) is 9.88 Å². The predicted molar refractivity (Wildman–Crippen MR) is 73.0 cm³/mol. The average Bonchev–Trinajstić information content (AvgIpc) is 2.67. The van der Waals surface area contributed by atoms with E-state index in [1.54, 1.807) is 11.5 Å². The SMILES string of the molecule is CCOC(=O)c1c(C)ccn1CCC(=O)NC(C)C. The molecule has 1 rings (SSSR count). The van der Waals surface area contributed by atoms with Crippen LogP contribution in [0.3, 0.4) is 0 Å². The van der Waals surface area contributed by atoms with Gasteiger partial charge in [-0.1, -0.05) is 0 Å². The highest BCUT2D eigenvalue weighted by molar-refractivity contribution is 5.89. The fourth-order valence-electron chi connectivity index (χ4n) is 1.86. The van der Waals surface area contributed by atoms with Gasteiger partial charge < -0.3 is 14.6 Å². The van der Waals surface area contributed by atoms with Crippen LogP contribution < -0.4 is 5.32 Å². The zero-order valence-electron chi connectivity index (χ0n) is 12.0. The van der Waals surface area contributed by atoms with E-state index >= 15 is 0 Å². The number of hydrogen-bond donors (Lipinski definition) is 1. The number of carbonyl (C=O) groups excluding carboxylic acids is 2. The van der Waals surface area contributed by atoms with E-state index in [1.165, 1.54) is 0 Å². The van der Waals surface area contributed by atoms with Gasteiger partial charge in [-0.05, 0) is 39.3 Å². The molecule has 106 valence electrons. The summed E-state index contributed by atoms with van der Waals surface area (Å²) in [6.45, 7) is 8.29. The van der Waals surface area contributed by atoms with Gasteiger partial charge in [0.05, 0.1) is 6.61 Å². The Kier molecular flexibility index (Phi) is 5.60. The second-order valence-electron chi connectivity index (χ2n) is 4.73. The molecule has 5 heteroatoms. The zero-order chi connectivity index (χ0) is 14.4. The Morgan fingerprint density at radius 1 is 1.42 bits per heavy atom. The quantitative estimate of drug-likeness (QED) is 0.800. The highest BCUT2D eigenvalue weighted by Gasteiger charge is 2.16. The lowest BCUT2D eigenvalue weighted by Gasteiger charge is -2.11. The molecule has 1 heterocycles. The van der Waals surface area contributed by atoms with Crippen LogP contribution in [0.1, 0.15) is 43.2 Å². The molecule has 0 spiro atoms. The van der Waals surface area contributed by atoms with E-state index in [9.17, 15) is 9.59 Å². The maximum absolute atomic E-state index is 11.8. The van der Waals surface area contributed by atoms with Crippen LogP contribution in [0.2, 0.25) is 0 Å². The smallest absolute Gasteiger partial charge is 0.355 e. The Hall–Kier alpha value is -1.78. The fraction of sp³-hybridized carbons (Fsp3) is 0.571. The third-order valence-electron chi connectivity index (χ3n) is 2.66. The van der Waals surface area contributed by atoms with Crippen LogP contribution in [0.15, 0.2) is 12.3 Å². The van der Waals surface area contributed by atoms with Gasteiger partial charge in [0.1, 0.15) is 5.69 Å². The number of hydrogen-bond acceptors (Lipinski definition) is 3. The summed E-state index contributed by atoms with van der Waals surface area (Å²) in [6.07, 6.45) is 2.16. The van der Waals surface area contributed by atoms with E-state index in [0.717, 1.165) is 5.56 Å². The van der Waals surface area contributed by atoms with Gasteiger partial charge in [-0.15, -0.1) is 0 Å². The maximum atomic E-state index is 11.8. The number of aryl methyl sites for hydroxylation is 2. The first kappa shape index (κ1) is 15.3. The summed E-state index contributed by atoms with van der Waals surface area (Å²) in [5.41, 5.74) is 1.39. The van der Waals surface area contributed by atoms with E-state index in [1.807, 2.05) is 33.0 Å². The fourth-order valence-corrected chi connectivity index (χ4v) is 1.86. The first-order valence-corrected chi connectivity index (χ1v) is 6.58. The van der Waals surface area contributed by atoms with E-state index in [2.05, 4.69) is 5.32 Å². The molecule has 0 saturated carbocycles. The molecular formula is C14H22N2O3. The topological polar surface area (TPSA) is 60.3 Å². The van der Waals surface area contributed by atoms with Crippen LogP contribution >= 0.6 is 0 Å². The van der Waals surface area contributed by atoms with E-state index in [-0.39, 0.29) is 17.9 Å². The highest BCUT2D eigenvalue weighted by atomic mass is 16.5. The number of aromatic nitrogens is 1. The third kappa shape index (κ3) is 4.43. The molecule has 1 N–H and O–H groups in total. The molecule has 19 heavy (non-hydrogen) atoms. The normalized spacial score (nSPS) is 10.6. The molecule has 0 aliphatic carbocycles. The number of amides is 1. The highest BCUT2D eigenvalue weighted by Crippen LogP contribution is 2.12. The summed E-state index contributed by atoms with van der Waals surface area (Å²) >= 11 is 0. The van der Waals surface area contributed by atoms with Crippen LogP contribution in [-0.4, -0.2) is 29.1 Å². The molecule has 1 amide bonds. The summed E-state index contributed by atoms with van der Waals surface area (Å²) in [5.74, 6) is -0.356. The van der Waals surface area contributed by atoms with Crippen LogP contribution in [0.5, 0.6) is 0 Å². The first-order chi connectivity index (χ1) is 8.95. The van der Waals surface area contributed by atoms with Gasteiger partial charge >= 0.3 is 5.97 Å². The second-order valence-corrected chi connectivity index (χ2v) is 4.73. The minimum atomic E-state index is -0.339. The molecule has 0 radical (unpaired) electrons. The minimum absolute atomic E-state index is 0.0174. The molecule has 5 nitrogen and oxygen atoms in total. The van der Waals surface area contributed by atoms with E-state index < -0.39 is 0 Å². The van der Waals surface area contributed by atoms with Crippen molar-refractivity contribution in [3.05, 3.63) is 23.5 Å². The zero-order valence-corrected chi connectivity index (χ0v) is 12.0. The van der Waals surface area contributed by atoms with E-state index in [4.69, 9.17) is 4.74 Å². The van der Waals surface area contributed by atoms with Gasteiger partial charge in [0.25, 0.3) is 0 Å². The summed E-state index contributed by atoms with van der Waals surface area (Å²) in [5, 5.41) is 2.83. The Bertz CT molecular complexity index is 450. The molecule has 0 aromatic carbocycles. The summed E-state index contributed by atoms with van der Waals surface area (Å²) in [4.78, 5) is 23.4. The van der Waals surface area contributed by atoms with Crippen LogP contribution in [0.25, 0.3) is 0 Å². The summed E-state index contributed by atoms with van der Waals surface area (Å²) in [7, 11) is 0. The Balaban J connectivity index is 2.69. The van der Waals surface area contributed by atoms with Crippen molar-refractivity contribution in [3.8, 4) is 0 Å². The average molecular weight is 266 g/mol. The monoisotopic (exact) mass is 266 g/mol. The second kappa shape index (κ2) is 6.97. The van der Waals surface area contributed by atoms with Gasteiger partial charge in [0.15, 0.2) is 0 Å². The minimum Gasteiger partial charge on any atom is -0.461 e. The summed E-state index contributed by atoms with van der Waals surface area (Å²) < 4.78 is 6.79. The molecule has 0 saturated heterocycles. The van der Waals surface area contributed by atoms with Crippen LogP contribution in [0, 0.1) is 6.92 Å². The number of nitrogens with zero attached hydrogens (tertiary/aromatic N) is 1. The first-order valence-electron chi connectivity index (χ1n) is 6.58. The maximum Gasteiger partial charge on any atom is 0.355 e. The number of rotatable bonds is 6. The van der Waals surface area contributed by atoms with E-state index in [0.29, 0.717) is 25.3 Å². The van der Waals surface area contributed by atoms with Crippen molar-refractivity contribution in [1.29, 1.82) is 0 Å². The lowest BCUT2D eigenvalue weighted by Crippen LogP contribution is -2.30. The van der Waals surface area contributed by atoms with Gasteiger partial charge in [0, 0.05) is 25.2 Å². The van der Waals surface area contributed by atoms with Gasteiger partial charge in [-0.2, -0.15) is 0 Å². The van der Waals surface area contributed by atoms with Crippen LogP contribution in [-0.2, 0) is 16.1 Å². The molecular weight excluding hydrogens is 244 g/mol. The van der Waals surface area contributed by atoms with Crippen molar-refractivity contribution >= 4 is 11.9 Å². The summed E-state index contributed by atoms with van der Waals surface area (Å²) in [6, 6.07) is 1.98. The standard InChI is InChI=1S/C14H22N2O3/c1-5-19-14(18)13-11(4)6-8-16(13)9-7-12(17)15-10(2)3/h6,8,10H,5,7,9H2,1-4H3,(H,15,17). The van der Waals surface area contributed by atoms with Crippen molar-refractivity contribution < 1.29 is 14.3 Å². The molecule has 0 unspecified atom stereocenters. The lowest BCUT2D eigenvalue weighted by molar-refractivity contribution is -0.121. The molecule has 1 aromatic heterocycles. The number of esters is 1. The molecule has 0 bridgehead atoms. The number of nitrogens with one attached hydrogen (secondary N) is 1. The molecule has 0 aliphatic rings. The van der Waals surface area contributed by atoms with Crippen molar-refractivity contribution in [2.75, 3.05) is 6.61 Å². The lowest BCUT2D eigenvalue weighted by atomic mass is 10.2. The molecule has 0 atom stereocenters. The van der Waals surface area contributed by atoms with Crippen LogP contribution in [0.4, 0.5) is 0 Å². The van der Waals surface area contributed by atoms with Crippen molar-refractivity contribution in [2.45, 2.75) is 46.7 Å². The van der Waals surface area contributed by atoms with Gasteiger partial charge in [0.2, 0.25) is 5.91 Å². The predicted octanol–water partition coefficient (Wildman–Crippen LogP) is 1.89. The largest absolute Gasteiger partial charge is 0.461 e. The van der Waals surface area contributed by atoms with Crippen molar-refractivity contribution in [2.24, 2.45) is 0 Å². The van der Waals surface area contributed by atoms with Crippen molar-refractivity contribution in [3.63, 3.8) is 0 Å². The van der Waals surface area contributed by atoms with Gasteiger partial charge in [-0.3, -0.25) is 4.79 Å². The third-order valence-corrected chi connectivity index (χ3v) is 2.66. The van der Waals surface area contributed by atoms with Gasteiger partial charge in [-0.25, -0.2) is 4.79 Å². The molecule has 1 aromatic rings. The number of carbonyl (C=O) groups is 2.